The molecule has 21 heavy (non-hydrogen) atoms. The van der Waals surface area contributed by atoms with Gasteiger partial charge in [-0.3, -0.25) is 4.79 Å². The van der Waals surface area contributed by atoms with E-state index in [1.807, 2.05) is 0 Å². The van der Waals surface area contributed by atoms with Crippen molar-refractivity contribution in [3.8, 4) is 0 Å². The molecule has 0 aliphatic rings. The third kappa shape index (κ3) is 6.99. The van der Waals surface area contributed by atoms with Gasteiger partial charge in [-0.1, -0.05) is 23.7 Å². The highest BCUT2D eigenvalue weighted by Crippen LogP contribution is 2.21. The fourth-order valence-corrected chi connectivity index (χ4v) is 1.86. The lowest BCUT2D eigenvalue weighted by Gasteiger charge is -2.23. The second kappa shape index (κ2) is 7.31. The minimum absolute atomic E-state index is 0.0525. The maximum Gasteiger partial charge on any atom is 0.408 e. The molecule has 1 amide bonds. The van der Waals surface area contributed by atoms with Crippen molar-refractivity contribution < 1.29 is 19.4 Å². The van der Waals surface area contributed by atoms with Crippen LogP contribution in [-0.2, 0) is 9.53 Å². The number of rotatable bonds is 5. The molecule has 0 saturated heterocycles. The second-order valence-electron chi connectivity index (χ2n) is 5.68. The molecule has 0 aromatic heterocycles. The molecule has 116 valence electrons. The number of alkyl carbamates (subject to hydrolysis) is 1. The lowest BCUT2D eigenvalue weighted by atomic mass is 10.0. The van der Waals surface area contributed by atoms with Crippen molar-refractivity contribution in [2.45, 2.75) is 45.3 Å². The van der Waals surface area contributed by atoms with Gasteiger partial charge in [0.25, 0.3) is 0 Å². The molecular formula is C15H20ClNO4. The van der Waals surface area contributed by atoms with Crippen molar-refractivity contribution in [2.24, 2.45) is 0 Å². The van der Waals surface area contributed by atoms with Gasteiger partial charge in [-0.05, 0) is 44.9 Å². The summed E-state index contributed by atoms with van der Waals surface area (Å²) in [4.78, 5) is 22.6. The van der Waals surface area contributed by atoms with E-state index in [0.29, 0.717) is 5.02 Å². The highest BCUT2D eigenvalue weighted by Gasteiger charge is 2.21. The lowest BCUT2D eigenvalue weighted by Crippen LogP contribution is -2.35. The number of nitrogens with one attached hydrogen (secondary N) is 1. The Bertz CT molecular complexity index is 493. The normalized spacial score (nSPS) is 12.6. The van der Waals surface area contributed by atoms with Gasteiger partial charge in [0.1, 0.15) is 5.60 Å². The number of benzene rings is 1. The molecule has 1 rings (SSSR count). The van der Waals surface area contributed by atoms with Gasteiger partial charge < -0.3 is 15.2 Å². The zero-order valence-electron chi connectivity index (χ0n) is 12.4. The summed E-state index contributed by atoms with van der Waals surface area (Å²) in [6.45, 7) is 5.30. The Labute approximate surface area is 129 Å². The van der Waals surface area contributed by atoms with Crippen LogP contribution in [0.5, 0.6) is 0 Å². The first-order valence-corrected chi connectivity index (χ1v) is 7.02. The number of carboxylic acids is 1. The van der Waals surface area contributed by atoms with Crippen LogP contribution in [0.2, 0.25) is 5.02 Å². The fourth-order valence-electron chi connectivity index (χ4n) is 1.73. The number of ether oxygens (including phenoxy) is 1. The first kappa shape index (κ1) is 17.3. The third-order valence-corrected chi connectivity index (χ3v) is 2.86. The van der Waals surface area contributed by atoms with Crippen molar-refractivity contribution in [1.82, 2.24) is 5.32 Å². The summed E-state index contributed by atoms with van der Waals surface area (Å²) in [6.07, 6.45) is -0.355. The van der Waals surface area contributed by atoms with E-state index in [2.05, 4.69) is 5.32 Å². The van der Waals surface area contributed by atoms with Gasteiger partial charge in [-0.25, -0.2) is 4.79 Å². The number of halogens is 1. The van der Waals surface area contributed by atoms with Gasteiger partial charge in [0, 0.05) is 11.4 Å². The summed E-state index contributed by atoms with van der Waals surface area (Å²) in [5, 5.41) is 12.1. The van der Waals surface area contributed by atoms with Crippen LogP contribution >= 0.6 is 11.6 Å². The summed E-state index contributed by atoms with van der Waals surface area (Å²) in [5.74, 6) is -0.917. The molecule has 0 radical (unpaired) electrons. The monoisotopic (exact) mass is 313 g/mol. The molecule has 0 spiro atoms. The Balaban J connectivity index is 2.79. The van der Waals surface area contributed by atoms with Crippen LogP contribution in [0.15, 0.2) is 24.3 Å². The summed E-state index contributed by atoms with van der Waals surface area (Å²) in [7, 11) is 0. The molecule has 0 bridgehead atoms. The number of hydrogen-bond acceptors (Lipinski definition) is 3. The first-order valence-electron chi connectivity index (χ1n) is 6.64. The van der Waals surface area contributed by atoms with Gasteiger partial charge >= 0.3 is 12.1 Å². The zero-order chi connectivity index (χ0) is 16.0. The Morgan fingerprint density at radius 2 is 1.86 bits per heavy atom. The van der Waals surface area contributed by atoms with E-state index in [0.717, 1.165) is 5.56 Å². The van der Waals surface area contributed by atoms with E-state index in [-0.39, 0.29) is 12.8 Å². The SMILES string of the molecule is CC(C)(C)OC(=O)NC(CCC(=O)O)c1ccc(Cl)cc1. The van der Waals surface area contributed by atoms with E-state index in [9.17, 15) is 9.59 Å². The van der Waals surface area contributed by atoms with E-state index >= 15 is 0 Å². The average Bonchev–Trinajstić information content (AvgIpc) is 2.33. The van der Waals surface area contributed by atoms with Gasteiger partial charge in [-0.15, -0.1) is 0 Å². The van der Waals surface area contributed by atoms with Gasteiger partial charge in [-0.2, -0.15) is 0 Å². The predicted octanol–water partition coefficient (Wildman–Crippen LogP) is 3.77. The van der Waals surface area contributed by atoms with Crippen molar-refractivity contribution in [1.29, 1.82) is 0 Å². The number of carbonyl (C=O) groups is 2. The summed E-state index contributed by atoms with van der Waals surface area (Å²) >= 11 is 5.83. The first-order chi connectivity index (χ1) is 9.67. The van der Waals surface area contributed by atoms with Crippen molar-refractivity contribution in [2.75, 3.05) is 0 Å². The van der Waals surface area contributed by atoms with Crippen LogP contribution in [0.4, 0.5) is 4.79 Å². The zero-order valence-corrected chi connectivity index (χ0v) is 13.1. The number of carboxylic acid groups (broad SMARTS) is 1. The standard InChI is InChI=1S/C15H20ClNO4/c1-15(2,3)21-14(20)17-12(8-9-13(18)19)10-4-6-11(16)7-5-10/h4-7,12H,8-9H2,1-3H3,(H,17,20)(H,18,19). The maximum absolute atomic E-state index is 11.8. The number of amides is 1. The largest absolute Gasteiger partial charge is 0.481 e. The van der Waals surface area contributed by atoms with E-state index in [1.54, 1.807) is 45.0 Å². The molecule has 6 heteroatoms. The summed E-state index contributed by atoms with van der Waals surface area (Å²) in [6, 6.07) is 6.47. The molecule has 1 aromatic carbocycles. The molecule has 0 aliphatic carbocycles. The highest BCUT2D eigenvalue weighted by molar-refractivity contribution is 6.30. The third-order valence-electron chi connectivity index (χ3n) is 2.61. The van der Waals surface area contributed by atoms with E-state index in [4.69, 9.17) is 21.4 Å². The quantitative estimate of drug-likeness (QED) is 0.867. The Hall–Kier alpha value is -1.75. The highest BCUT2D eigenvalue weighted by atomic mass is 35.5. The molecule has 5 nitrogen and oxygen atoms in total. The Kier molecular flexibility index (Phi) is 6.03. The molecular weight excluding hydrogens is 294 g/mol. The van der Waals surface area contributed by atoms with Crippen molar-refractivity contribution in [3.05, 3.63) is 34.9 Å². The smallest absolute Gasteiger partial charge is 0.408 e. The van der Waals surface area contributed by atoms with Crippen molar-refractivity contribution >= 4 is 23.7 Å². The number of carbonyl (C=O) groups excluding carboxylic acids is 1. The Morgan fingerprint density at radius 1 is 1.29 bits per heavy atom. The van der Waals surface area contributed by atoms with E-state index in [1.165, 1.54) is 0 Å². The molecule has 2 N–H and O–H groups in total. The maximum atomic E-state index is 11.8. The Morgan fingerprint density at radius 3 is 2.33 bits per heavy atom. The minimum atomic E-state index is -0.917. The minimum Gasteiger partial charge on any atom is -0.481 e. The summed E-state index contributed by atoms with van der Waals surface area (Å²) < 4.78 is 5.20. The summed E-state index contributed by atoms with van der Waals surface area (Å²) in [5.41, 5.74) is 0.174. The van der Waals surface area contributed by atoms with Crippen LogP contribution in [0.3, 0.4) is 0 Å². The van der Waals surface area contributed by atoms with Gasteiger partial charge in [0.2, 0.25) is 0 Å². The molecule has 1 unspecified atom stereocenters. The second-order valence-corrected chi connectivity index (χ2v) is 6.12. The lowest BCUT2D eigenvalue weighted by molar-refractivity contribution is -0.137. The van der Waals surface area contributed by atoms with Crippen LogP contribution in [-0.4, -0.2) is 22.8 Å². The number of aliphatic carboxylic acids is 1. The topological polar surface area (TPSA) is 75.6 Å². The number of hydrogen-bond donors (Lipinski definition) is 2. The van der Waals surface area contributed by atoms with Crippen LogP contribution in [0, 0.1) is 0 Å². The predicted molar refractivity (Wildman–Crippen MR) is 80.4 cm³/mol. The van der Waals surface area contributed by atoms with Gasteiger partial charge in [0.15, 0.2) is 0 Å². The molecule has 0 saturated carbocycles. The van der Waals surface area contributed by atoms with Crippen LogP contribution in [0.25, 0.3) is 0 Å². The van der Waals surface area contributed by atoms with Crippen molar-refractivity contribution in [3.63, 3.8) is 0 Å². The molecule has 1 atom stereocenters. The molecule has 1 aromatic rings. The van der Waals surface area contributed by atoms with Gasteiger partial charge in [0.05, 0.1) is 6.04 Å². The molecule has 0 heterocycles. The molecule has 0 aliphatic heterocycles. The van der Waals surface area contributed by atoms with Crippen LogP contribution < -0.4 is 5.32 Å². The van der Waals surface area contributed by atoms with E-state index < -0.39 is 23.7 Å². The fraction of sp³-hybridized carbons (Fsp3) is 0.467. The average molecular weight is 314 g/mol. The van der Waals surface area contributed by atoms with Crippen LogP contribution in [0.1, 0.15) is 45.2 Å². The molecule has 0 fully saturated rings.